The van der Waals surface area contributed by atoms with Gasteiger partial charge in [0.25, 0.3) is 0 Å². The van der Waals surface area contributed by atoms with E-state index in [2.05, 4.69) is 0 Å². The molecule has 0 bridgehead atoms. The van der Waals surface area contributed by atoms with Gasteiger partial charge >= 0.3 is 5.69 Å². The maximum Gasteiger partial charge on any atom is 0.314 e. The van der Waals surface area contributed by atoms with Crippen LogP contribution >= 0.6 is 0 Å². The van der Waals surface area contributed by atoms with Crippen LogP contribution in [0, 0.1) is 15.9 Å². The largest absolute Gasteiger partial charge is 0.496 e. The highest BCUT2D eigenvalue weighted by Crippen LogP contribution is 2.31. The predicted molar refractivity (Wildman–Crippen MR) is 70.4 cm³/mol. The number of hydrogen-bond acceptors (Lipinski definition) is 4. The maximum absolute atomic E-state index is 13.0. The molecule has 0 saturated heterocycles. The van der Waals surface area contributed by atoms with Crippen molar-refractivity contribution in [1.82, 2.24) is 0 Å². The van der Waals surface area contributed by atoms with Crippen LogP contribution in [0.4, 0.5) is 10.1 Å². The van der Waals surface area contributed by atoms with Crippen molar-refractivity contribution in [3.63, 3.8) is 0 Å². The first-order chi connectivity index (χ1) is 9.60. The Morgan fingerprint density at radius 1 is 1.25 bits per heavy atom. The molecule has 104 valence electrons. The van der Waals surface area contributed by atoms with E-state index in [0.29, 0.717) is 11.3 Å². The first-order valence-corrected chi connectivity index (χ1v) is 5.80. The number of ether oxygens (including phenoxy) is 2. The molecule has 0 amide bonds. The van der Waals surface area contributed by atoms with E-state index in [0.717, 1.165) is 0 Å². The quantitative estimate of drug-likeness (QED) is 0.621. The van der Waals surface area contributed by atoms with Crippen LogP contribution < -0.4 is 9.47 Å². The minimum atomic E-state index is -0.552. The van der Waals surface area contributed by atoms with Gasteiger partial charge < -0.3 is 9.47 Å². The number of hydrogen-bond donors (Lipinski definition) is 0. The minimum Gasteiger partial charge on any atom is -0.496 e. The van der Waals surface area contributed by atoms with Gasteiger partial charge in [-0.1, -0.05) is 12.1 Å². The fraction of sp³-hybridized carbons (Fsp3) is 0.143. The second-order valence-electron chi connectivity index (χ2n) is 4.01. The Bertz CT molecular complexity index is 630. The summed E-state index contributed by atoms with van der Waals surface area (Å²) in [4.78, 5) is 10.4. The number of benzene rings is 2. The predicted octanol–water partition coefficient (Wildman–Crippen LogP) is 3.32. The summed E-state index contributed by atoms with van der Waals surface area (Å²) in [6.45, 7) is 0.0466. The van der Waals surface area contributed by atoms with Crippen LogP contribution in [-0.2, 0) is 6.61 Å². The van der Waals surface area contributed by atoms with Gasteiger partial charge in [-0.25, -0.2) is 4.39 Å². The Hall–Kier alpha value is -2.63. The molecule has 2 aromatic rings. The lowest BCUT2D eigenvalue weighted by molar-refractivity contribution is -0.386. The highest BCUT2D eigenvalue weighted by atomic mass is 19.1. The van der Waals surface area contributed by atoms with Crippen molar-refractivity contribution in [2.24, 2.45) is 0 Å². The molecule has 0 spiro atoms. The van der Waals surface area contributed by atoms with Crippen molar-refractivity contribution in [3.8, 4) is 11.5 Å². The summed E-state index contributed by atoms with van der Waals surface area (Å²) in [6.07, 6.45) is 0. The molecule has 2 aromatic carbocycles. The van der Waals surface area contributed by atoms with Gasteiger partial charge in [-0.2, -0.15) is 0 Å². The van der Waals surface area contributed by atoms with Crippen molar-refractivity contribution in [2.75, 3.05) is 7.11 Å². The number of nitro benzene ring substituents is 1. The molecule has 0 N–H and O–H groups in total. The van der Waals surface area contributed by atoms with Crippen LogP contribution in [0.3, 0.4) is 0 Å². The van der Waals surface area contributed by atoms with Gasteiger partial charge in [0.2, 0.25) is 0 Å². The van der Waals surface area contributed by atoms with Gasteiger partial charge in [-0.05, 0) is 29.8 Å². The lowest BCUT2D eigenvalue weighted by Crippen LogP contribution is -2.00. The van der Waals surface area contributed by atoms with E-state index in [1.165, 1.54) is 31.4 Å². The molecule has 5 nitrogen and oxygen atoms in total. The molecular weight excluding hydrogens is 265 g/mol. The van der Waals surface area contributed by atoms with Gasteiger partial charge in [0.1, 0.15) is 18.2 Å². The average Bonchev–Trinajstić information content (AvgIpc) is 2.45. The van der Waals surface area contributed by atoms with Crippen LogP contribution in [0.5, 0.6) is 11.5 Å². The lowest BCUT2D eigenvalue weighted by atomic mass is 10.2. The second kappa shape index (κ2) is 6.01. The summed E-state index contributed by atoms with van der Waals surface area (Å²) >= 11 is 0. The molecule has 6 heteroatoms. The van der Waals surface area contributed by atoms with Crippen molar-refractivity contribution in [3.05, 3.63) is 64.0 Å². The standard InChI is InChI=1S/C14H12FNO4/c1-19-12-5-6-14(13(8-12)16(17)18)20-9-10-3-2-4-11(15)7-10/h2-8H,9H2,1H3. The lowest BCUT2D eigenvalue weighted by Gasteiger charge is -2.08. The average molecular weight is 277 g/mol. The van der Waals surface area contributed by atoms with Crippen molar-refractivity contribution in [1.29, 1.82) is 0 Å². The molecule has 0 aromatic heterocycles. The van der Waals surface area contributed by atoms with Crippen LogP contribution in [0.25, 0.3) is 0 Å². The molecule has 0 unspecified atom stereocenters. The first-order valence-electron chi connectivity index (χ1n) is 5.80. The Kier molecular flexibility index (Phi) is 4.14. The van der Waals surface area contributed by atoms with Gasteiger partial charge in [-0.15, -0.1) is 0 Å². The molecular formula is C14H12FNO4. The van der Waals surface area contributed by atoms with E-state index >= 15 is 0 Å². The third-order valence-corrected chi connectivity index (χ3v) is 2.65. The molecule has 0 heterocycles. The Morgan fingerprint density at radius 3 is 2.70 bits per heavy atom. The summed E-state index contributed by atoms with van der Waals surface area (Å²) in [5, 5.41) is 11.0. The Morgan fingerprint density at radius 2 is 2.05 bits per heavy atom. The Balaban J connectivity index is 2.18. The van der Waals surface area contributed by atoms with E-state index in [9.17, 15) is 14.5 Å². The molecule has 0 atom stereocenters. The minimum absolute atomic E-state index is 0.0466. The van der Waals surface area contributed by atoms with Gasteiger partial charge in [0.15, 0.2) is 5.75 Å². The summed E-state index contributed by atoms with van der Waals surface area (Å²) in [5.74, 6) is 0.102. The molecule has 20 heavy (non-hydrogen) atoms. The molecule has 0 fully saturated rings. The highest BCUT2D eigenvalue weighted by Gasteiger charge is 2.16. The smallest absolute Gasteiger partial charge is 0.314 e. The Labute approximate surface area is 114 Å². The van der Waals surface area contributed by atoms with Gasteiger partial charge in [0.05, 0.1) is 18.1 Å². The zero-order chi connectivity index (χ0) is 14.5. The van der Waals surface area contributed by atoms with E-state index in [-0.39, 0.29) is 23.9 Å². The van der Waals surface area contributed by atoms with Crippen molar-refractivity contribution < 1.29 is 18.8 Å². The number of halogens is 1. The van der Waals surface area contributed by atoms with E-state index in [1.807, 2.05) is 0 Å². The van der Waals surface area contributed by atoms with Crippen LogP contribution in [-0.4, -0.2) is 12.0 Å². The first kappa shape index (κ1) is 13.8. The van der Waals surface area contributed by atoms with E-state index in [1.54, 1.807) is 18.2 Å². The van der Waals surface area contributed by atoms with E-state index in [4.69, 9.17) is 9.47 Å². The fourth-order valence-corrected chi connectivity index (χ4v) is 1.68. The van der Waals surface area contributed by atoms with Crippen LogP contribution in [0.15, 0.2) is 42.5 Å². The number of rotatable bonds is 5. The fourth-order valence-electron chi connectivity index (χ4n) is 1.68. The van der Waals surface area contributed by atoms with Gasteiger partial charge in [0, 0.05) is 0 Å². The number of nitrogens with zero attached hydrogens (tertiary/aromatic N) is 1. The summed E-state index contributed by atoms with van der Waals surface area (Å²) < 4.78 is 23.3. The van der Waals surface area contributed by atoms with Crippen LogP contribution in [0.2, 0.25) is 0 Å². The zero-order valence-electron chi connectivity index (χ0n) is 10.7. The molecule has 2 rings (SSSR count). The summed E-state index contributed by atoms with van der Waals surface area (Å²) in [6, 6.07) is 10.2. The van der Waals surface area contributed by atoms with Gasteiger partial charge in [-0.3, -0.25) is 10.1 Å². The summed E-state index contributed by atoms with van der Waals surface area (Å²) in [7, 11) is 1.42. The normalized spacial score (nSPS) is 10.1. The van der Waals surface area contributed by atoms with Crippen molar-refractivity contribution >= 4 is 5.69 Å². The van der Waals surface area contributed by atoms with E-state index < -0.39 is 4.92 Å². The SMILES string of the molecule is COc1ccc(OCc2cccc(F)c2)c([N+](=O)[O-])c1. The second-order valence-corrected chi connectivity index (χ2v) is 4.01. The number of methoxy groups -OCH3 is 1. The maximum atomic E-state index is 13.0. The van der Waals surface area contributed by atoms with Crippen LogP contribution in [0.1, 0.15) is 5.56 Å². The monoisotopic (exact) mass is 277 g/mol. The molecule has 0 radical (unpaired) electrons. The third-order valence-electron chi connectivity index (χ3n) is 2.65. The molecule has 0 saturated carbocycles. The highest BCUT2D eigenvalue weighted by molar-refractivity contribution is 5.51. The number of nitro groups is 1. The molecule has 0 aliphatic carbocycles. The molecule has 0 aliphatic heterocycles. The summed E-state index contributed by atoms with van der Waals surface area (Å²) in [5.41, 5.74) is 0.399. The third kappa shape index (κ3) is 3.23. The molecule has 0 aliphatic rings. The topological polar surface area (TPSA) is 61.6 Å². The zero-order valence-corrected chi connectivity index (χ0v) is 10.7. The van der Waals surface area contributed by atoms with Crippen molar-refractivity contribution in [2.45, 2.75) is 6.61 Å².